The number of aromatic nitrogens is 2. The Bertz CT molecular complexity index is 1020. The predicted molar refractivity (Wildman–Crippen MR) is 104 cm³/mol. The van der Waals surface area contributed by atoms with Crippen molar-refractivity contribution in [3.63, 3.8) is 0 Å². The van der Waals surface area contributed by atoms with Crippen LogP contribution in [0.2, 0.25) is 0 Å². The number of urea groups is 1. The average Bonchev–Trinajstić information content (AvgIpc) is 3.10. The van der Waals surface area contributed by atoms with Crippen LogP contribution in [0.4, 0.5) is 4.79 Å². The standard InChI is InChI=1S/C18H24N4O4S/c1-10(2)22-15(23)14-11(3)13(7-20-5-4-19-17(20)24)27-16(14)21(18(22)25)6-12-8-26-9-12/h10,12H,4-9H2,1-3H3,(H,19,24). The van der Waals surface area contributed by atoms with Crippen LogP contribution in [0.25, 0.3) is 10.2 Å². The summed E-state index contributed by atoms with van der Waals surface area (Å²) < 4.78 is 8.33. The normalized spacial score (nSPS) is 17.8. The minimum atomic E-state index is -0.263. The largest absolute Gasteiger partial charge is 0.381 e. The van der Waals surface area contributed by atoms with Gasteiger partial charge in [0.25, 0.3) is 5.56 Å². The Morgan fingerprint density at radius 3 is 2.56 bits per heavy atom. The van der Waals surface area contributed by atoms with E-state index in [0.29, 0.717) is 55.5 Å². The van der Waals surface area contributed by atoms with Gasteiger partial charge in [0.2, 0.25) is 0 Å². The van der Waals surface area contributed by atoms with Crippen LogP contribution in [0.15, 0.2) is 9.59 Å². The summed E-state index contributed by atoms with van der Waals surface area (Å²) >= 11 is 1.45. The predicted octanol–water partition coefficient (Wildman–Crippen LogP) is 1.29. The summed E-state index contributed by atoms with van der Waals surface area (Å²) in [7, 11) is 0. The van der Waals surface area contributed by atoms with Gasteiger partial charge in [0.05, 0.1) is 25.1 Å². The van der Waals surface area contributed by atoms with Crippen LogP contribution in [0.5, 0.6) is 0 Å². The van der Waals surface area contributed by atoms with E-state index < -0.39 is 0 Å². The number of thiophene rings is 1. The third kappa shape index (κ3) is 2.98. The molecule has 4 heterocycles. The first-order valence-corrected chi connectivity index (χ1v) is 10.1. The van der Waals surface area contributed by atoms with E-state index in [2.05, 4.69) is 5.32 Å². The second-order valence-electron chi connectivity index (χ2n) is 7.55. The van der Waals surface area contributed by atoms with E-state index in [9.17, 15) is 14.4 Å². The van der Waals surface area contributed by atoms with Crippen LogP contribution in [0.3, 0.4) is 0 Å². The quantitative estimate of drug-likeness (QED) is 0.831. The fourth-order valence-electron chi connectivity index (χ4n) is 3.66. The molecule has 2 amide bonds. The minimum absolute atomic E-state index is 0.0875. The molecule has 0 aliphatic carbocycles. The number of hydrogen-bond acceptors (Lipinski definition) is 5. The van der Waals surface area contributed by atoms with Gasteiger partial charge in [-0.25, -0.2) is 9.59 Å². The minimum Gasteiger partial charge on any atom is -0.381 e. The molecule has 2 aliphatic heterocycles. The molecule has 146 valence electrons. The second-order valence-corrected chi connectivity index (χ2v) is 8.63. The van der Waals surface area contributed by atoms with E-state index in [1.54, 1.807) is 9.47 Å². The number of rotatable bonds is 5. The van der Waals surface area contributed by atoms with Crippen LogP contribution < -0.4 is 16.6 Å². The van der Waals surface area contributed by atoms with Gasteiger partial charge in [-0.3, -0.25) is 13.9 Å². The summed E-state index contributed by atoms with van der Waals surface area (Å²) in [6, 6.07) is -0.305. The molecule has 2 aromatic heterocycles. The Morgan fingerprint density at radius 2 is 2.00 bits per heavy atom. The Kier molecular flexibility index (Phi) is 4.59. The number of nitrogens with zero attached hydrogens (tertiary/aromatic N) is 3. The monoisotopic (exact) mass is 392 g/mol. The van der Waals surface area contributed by atoms with Crippen LogP contribution in [0.1, 0.15) is 30.3 Å². The molecular weight excluding hydrogens is 368 g/mol. The van der Waals surface area contributed by atoms with Crippen molar-refractivity contribution >= 4 is 27.6 Å². The highest BCUT2D eigenvalue weighted by molar-refractivity contribution is 7.18. The van der Waals surface area contributed by atoms with Gasteiger partial charge in [-0.05, 0) is 26.3 Å². The van der Waals surface area contributed by atoms with Crippen molar-refractivity contribution < 1.29 is 9.53 Å². The smallest absolute Gasteiger partial charge is 0.332 e. The number of nitrogens with one attached hydrogen (secondary N) is 1. The van der Waals surface area contributed by atoms with Crippen molar-refractivity contribution in [3.05, 3.63) is 31.3 Å². The Labute approximate surface area is 160 Å². The van der Waals surface area contributed by atoms with Gasteiger partial charge in [-0.15, -0.1) is 11.3 Å². The first kappa shape index (κ1) is 18.2. The van der Waals surface area contributed by atoms with Gasteiger partial charge in [0.1, 0.15) is 4.83 Å². The summed E-state index contributed by atoms with van der Waals surface area (Å²) in [5, 5.41) is 3.40. The summed E-state index contributed by atoms with van der Waals surface area (Å²) in [5.74, 6) is 0.291. The van der Waals surface area contributed by atoms with Crippen LogP contribution in [-0.4, -0.2) is 46.4 Å². The number of aryl methyl sites for hydroxylation is 1. The highest BCUT2D eigenvalue weighted by Crippen LogP contribution is 2.30. The first-order chi connectivity index (χ1) is 12.9. The van der Waals surface area contributed by atoms with Crippen molar-refractivity contribution in [2.24, 2.45) is 5.92 Å². The lowest BCUT2D eigenvalue weighted by Crippen LogP contribution is -2.43. The van der Waals surface area contributed by atoms with Gasteiger partial charge in [0.15, 0.2) is 0 Å². The van der Waals surface area contributed by atoms with Crippen molar-refractivity contribution in [2.45, 2.75) is 39.9 Å². The Hall–Kier alpha value is -2.13. The van der Waals surface area contributed by atoms with E-state index in [1.807, 2.05) is 20.8 Å². The van der Waals surface area contributed by atoms with Crippen molar-refractivity contribution in [1.82, 2.24) is 19.4 Å². The van der Waals surface area contributed by atoms with E-state index in [-0.39, 0.29) is 23.3 Å². The Balaban J connectivity index is 1.88. The first-order valence-electron chi connectivity index (χ1n) is 9.26. The molecule has 8 nitrogen and oxygen atoms in total. The van der Waals surface area contributed by atoms with E-state index in [0.717, 1.165) is 10.4 Å². The van der Waals surface area contributed by atoms with Crippen molar-refractivity contribution in [3.8, 4) is 0 Å². The molecule has 0 saturated carbocycles. The topological polar surface area (TPSA) is 85.6 Å². The van der Waals surface area contributed by atoms with E-state index >= 15 is 0 Å². The van der Waals surface area contributed by atoms with Crippen molar-refractivity contribution in [2.75, 3.05) is 26.3 Å². The molecule has 9 heteroatoms. The molecule has 0 atom stereocenters. The average molecular weight is 392 g/mol. The lowest BCUT2D eigenvalue weighted by Gasteiger charge is -2.27. The van der Waals surface area contributed by atoms with Gasteiger partial charge >= 0.3 is 11.7 Å². The number of amides is 2. The third-order valence-electron chi connectivity index (χ3n) is 5.29. The summed E-state index contributed by atoms with van der Waals surface area (Å²) in [5.41, 5.74) is 0.366. The summed E-state index contributed by atoms with van der Waals surface area (Å²) in [6.45, 7) is 9.18. The highest BCUT2D eigenvalue weighted by atomic mass is 32.1. The van der Waals surface area contributed by atoms with Gasteiger partial charge in [0, 0.05) is 36.5 Å². The second kappa shape index (κ2) is 6.79. The molecule has 0 bridgehead atoms. The number of ether oxygens (including phenoxy) is 1. The maximum atomic E-state index is 13.1. The maximum absolute atomic E-state index is 13.1. The van der Waals surface area contributed by atoms with Gasteiger partial charge in [-0.1, -0.05) is 0 Å². The summed E-state index contributed by atoms with van der Waals surface area (Å²) in [4.78, 5) is 41.5. The molecule has 27 heavy (non-hydrogen) atoms. The molecule has 2 fully saturated rings. The zero-order valence-electron chi connectivity index (χ0n) is 15.8. The van der Waals surface area contributed by atoms with Gasteiger partial charge in [-0.2, -0.15) is 0 Å². The number of carbonyl (C=O) groups excluding carboxylic acids is 1. The molecule has 0 radical (unpaired) electrons. The maximum Gasteiger partial charge on any atom is 0.332 e. The van der Waals surface area contributed by atoms with Crippen LogP contribution in [0, 0.1) is 12.8 Å². The number of carbonyl (C=O) groups is 1. The highest BCUT2D eigenvalue weighted by Gasteiger charge is 2.27. The molecule has 4 rings (SSSR count). The lowest BCUT2D eigenvalue weighted by molar-refractivity contribution is -0.0395. The molecule has 1 N–H and O–H groups in total. The molecule has 0 spiro atoms. The lowest BCUT2D eigenvalue weighted by atomic mass is 10.1. The molecule has 2 aliphatic rings. The zero-order chi connectivity index (χ0) is 19.3. The zero-order valence-corrected chi connectivity index (χ0v) is 16.6. The number of hydrogen-bond donors (Lipinski definition) is 1. The summed E-state index contributed by atoms with van der Waals surface area (Å²) in [6.07, 6.45) is 0. The van der Waals surface area contributed by atoms with E-state index in [1.165, 1.54) is 15.9 Å². The molecular formula is C18H24N4O4S. The third-order valence-corrected chi connectivity index (χ3v) is 6.59. The SMILES string of the molecule is Cc1c(CN2CCNC2=O)sc2c1c(=O)n(C(C)C)c(=O)n2CC1COC1. The fraction of sp³-hybridized carbons (Fsp3) is 0.611. The van der Waals surface area contributed by atoms with E-state index in [4.69, 9.17) is 4.74 Å². The van der Waals surface area contributed by atoms with Crippen molar-refractivity contribution in [1.29, 1.82) is 0 Å². The number of fused-ring (bicyclic) bond motifs is 1. The molecule has 2 aromatic rings. The van der Waals surface area contributed by atoms with Crippen LogP contribution >= 0.6 is 11.3 Å². The van der Waals surface area contributed by atoms with Gasteiger partial charge < -0.3 is 15.0 Å². The molecule has 2 saturated heterocycles. The Morgan fingerprint density at radius 1 is 1.26 bits per heavy atom. The van der Waals surface area contributed by atoms with Crippen LogP contribution in [-0.2, 0) is 17.8 Å². The molecule has 0 unspecified atom stereocenters. The molecule has 0 aromatic carbocycles. The fourth-order valence-corrected chi connectivity index (χ4v) is 4.98.